The molecule has 0 radical (unpaired) electrons. The molecule has 6 nitrogen and oxygen atoms in total. The summed E-state index contributed by atoms with van der Waals surface area (Å²) in [5.41, 5.74) is 1.42. The second kappa shape index (κ2) is 8.02. The normalized spacial score (nSPS) is 11.8. The highest BCUT2D eigenvalue weighted by Gasteiger charge is 2.13. The van der Waals surface area contributed by atoms with Crippen LogP contribution in [0.15, 0.2) is 52.5 Å². The van der Waals surface area contributed by atoms with E-state index < -0.39 is 10.0 Å². The van der Waals surface area contributed by atoms with Crippen molar-refractivity contribution >= 4 is 16.2 Å². The van der Waals surface area contributed by atoms with Gasteiger partial charge in [-0.2, -0.15) is 13.5 Å². The van der Waals surface area contributed by atoms with Crippen LogP contribution in [0.25, 0.3) is 0 Å². The van der Waals surface area contributed by atoms with E-state index in [1.165, 1.54) is 13.3 Å². The molecule has 0 saturated heterocycles. The fraction of sp³-hybridized carbons (Fsp3) is 0.278. The fourth-order valence-corrected chi connectivity index (χ4v) is 3.09. The molecule has 0 spiro atoms. The fourth-order valence-electron chi connectivity index (χ4n) is 2.30. The number of ether oxygens (including phenoxy) is 1. The monoisotopic (exact) mass is 362 g/mol. The quantitative estimate of drug-likeness (QED) is 0.585. The number of para-hydroxylation sites is 1. The Hall–Kier alpha value is -2.54. The number of phenolic OH excluding ortho intramolecular Hbond substituents is 1. The minimum Gasteiger partial charge on any atom is -0.504 e. The summed E-state index contributed by atoms with van der Waals surface area (Å²) < 4.78 is 29.5. The van der Waals surface area contributed by atoms with Crippen molar-refractivity contribution in [3.05, 3.63) is 53.6 Å². The van der Waals surface area contributed by atoms with E-state index in [1.54, 1.807) is 42.5 Å². The highest BCUT2D eigenvalue weighted by molar-refractivity contribution is 7.89. The molecule has 2 N–H and O–H groups in total. The molecule has 0 atom stereocenters. The zero-order valence-electron chi connectivity index (χ0n) is 14.4. The number of nitrogens with one attached hydrogen (secondary N) is 1. The molecule has 0 bridgehead atoms. The van der Waals surface area contributed by atoms with Crippen molar-refractivity contribution in [3.63, 3.8) is 0 Å². The predicted octanol–water partition coefficient (Wildman–Crippen LogP) is 2.91. The summed E-state index contributed by atoms with van der Waals surface area (Å²) in [4.78, 5) is 2.27. The topological polar surface area (TPSA) is 88.0 Å². The first-order valence-electron chi connectivity index (χ1n) is 7.83. The van der Waals surface area contributed by atoms with E-state index in [2.05, 4.69) is 23.8 Å². The number of hydrogen-bond acceptors (Lipinski definition) is 5. The van der Waals surface area contributed by atoms with Gasteiger partial charge in [0, 0.05) is 5.56 Å². The summed E-state index contributed by atoms with van der Waals surface area (Å²) in [6, 6.07) is 11.6. The number of hydrazone groups is 1. The van der Waals surface area contributed by atoms with Crippen molar-refractivity contribution in [1.82, 2.24) is 4.83 Å². The smallest absolute Gasteiger partial charge is 0.276 e. The van der Waals surface area contributed by atoms with Crippen molar-refractivity contribution in [2.24, 2.45) is 11.0 Å². The Morgan fingerprint density at radius 1 is 1.20 bits per heavy atom. The molecule has 0 unspecified atom stereocenters. The van der Waals surface area contributed by atoms with Gasteiger partial charge in [-0.25, -0.2) is 4.83 Å². The van der Waals surface area contributed by atoms with Gasteiger partial charge in [0.05, 0.1) is 18.2 Å². The van der Waals surface area contributed by atoms with Crippen molar-refractivity contribution in [1.29, 1.82) is 0 Å². The van der Waals surface area contributed by atoms with Crippen LogP contribution in [0.1, 0.15) is 25.0 Å². The number of benzene rings is 2. The van der Waals surface area contributed by atoms with Gasteiger partial charge in [0.15, 0.2) is 11.5 Å². The molecule has 2 aromatic rings. The van der Waals surface area contributed by atoms with E-state index in [-0.39, 0.29) is 16.4 Å². The van der Waals surface area contributed by atoms with Crippen LogP contribution < -0.4 is 9.57 Å². The van der Waals surface area contributed by atoms with E-state index >= 15 is 0 Å². The molecule has 0 heterocycles. The third-order valence-electron chi connectivity index (χ3n) is 3.50. The second-order valence-corrected chi connectivity index (χ2v) is 7.65. The summed E-state index contributed by atoms with van der Waals surface area (Å²) in [5.74, 6) is 0.680. The summed E-state index contributed by atoms with van der Waals surface area (Å²) in [5, 5.41) is 13.7. The molecule has 2 rings (SSSR count). The van der Waals surface area contributed by atoms with Gasteiger partial charge in [-0.3, -0.25) is 0 Å². The maximum atomic E-state index is 12.3. The van der Waals surface area contributed by atoms with Crippen LogP contribution in [-0.2, 0) is 16.4 Å². The summed E-state index contributed by atoms with van der Waals surface area (Å²) in [7, 11) is -2.33. The lowest BCUT2D eigenvalue weighted by molar-refractivity contribution is 0.373. The summed E-state index contributed by atoms with van der Waals surface area (Å²) in [6.07, 6.45) is 2.11. The zero-order chi connectivity index (χ0) is 18.4. The summed E-state index contributed by atoms with van der Waals surface area (Å²) >= 11 is 0. The lowest BCUT2D eigenvalue weighted by Gasteiger charge is -2.07. The van der Waals surface area contributed by atoms with Crippen molar-refractivity contribution in [2.75, 3.05) is 7.11 Å². The minimum absolute atomic E-state index is 0.106. The standard InChI is InChI=1S/C18H22N2O4S/c1-13(2)11-14-7-9-16(10-8-14)25(22,23)20-19-12-15-5-4-6-17(24-3)18(15)21/h4-10,12-13,20-21H,11H2,1-3H3/b19-12-. The van der Waals surface area contributed by atoms with Gasteiger partial charge in [0.2, 0.25) is 0 Å². The molecule has 0 aliphatic heterocycles. The van der Waals surface area contributed by atoms with Gasteiger partial charge < -0.3 is 9.84 Å². The molecule has 0 fully saturated rings. The van der Waals surface area contributed by atoms with Crippen LogP contribution in [0, 0.1) is 5.92 Å². The molecule has 0 aliphatic carbocycles. The lowest BCUT2D eigenvalue weighted by atomic mass is 10.0. The van der Waals surface area contributed by atoms with Gasteiger partial charge in [-0.15, -0.1) is 0 Å². The SMILES string of the molecule is COc1cccc(/C=N\NS(=O)(=O)c2ccc(CC(C)C)cc2)c1O. The molecule has 0 aliphatic rings. The third kappa shape index (κ3) is 4.96. The van der Waals surface area contributed by atoms with E-state index in [9.17, 15) is 13.5 Å². The molecule has 0 saturated carbocycles. The van der Waals surface area contributed by atoms with Crippen molar-refractivity contribution in [3.8, 4) is 11.5 Å². The highest BCUT2D eigenvalue weighted by atomic mass is 32.2. The molecule has 0 aromatic heterocycles. The van der Waals surface area contributed by atoms with E-state index in [4.69, 9.17) is 4.74 Å². The number of aromatic hydroxyl groups is 1. The van der Waals surface area contributed by atoms with E-state index in [0.717, 1.165) is 12.0 Å². The van der Waals surface area contributed by atoms with Gasteiger partial charge in [-0.1, -0.05) is 32.0 Å². The average Bonchev–Trinajstić information content (AvgIpc) is 2.56. The van der Waals surface area contributed by atoms with Crippen LogP contribution in [0.5, 0.6) is 11.5 Å². The third-order valence-corrected chi connectivity index (χ3v) is 4.74. The number of rotatable bonds is 7. The van der Waals surface area contributed by atoms with Crippen molar-refractivity contribution < 1.29 is 18.3 Å². The Morgan fingerprint density at radius 3 is 2.48 bits per heavy atom. The van der Waals surface area contributed by atoms with E-state index in [1.807, 2.05) is 0 Å². The number of sulfonamides is 1. The Morgan fingerprint density at radius 2 is 1.88 bits per heavy atom. The second-order valence-electron chi connectivity index (χ2n) is 5.99. The van der Waals surface area contributed by atoms with E-state index in [0.29, 0.717) is 11.5 Å². The minimum atomic E-state index is -3.76. The lowest BCUT2D eigenvalue weighted by Crippen LogP contribution is -2.18. The molecular weight excluding hydrogens is 340 g/mol. The Balaban J connectivity index is 2.11. The van der Waals surface area contributed by atoms with Gasteiger partial charge in [-0.05, 0) is 42.2 Å². The molecule has 7 heteroatoms. The Labute approximate surface area is 148 Å². The predicted molar refractivity (Wildman–Crippen MR) is 97.6 cm³/mol. The molecule has 2 aromatic carbocycles. The molecule has 134 valence electrons. The maximum Gasteiger partial charge on any atom is 0.276 e. The largest absolute Gasteiger partial charge is 0.504 e. The van der Waals surface area contributed by atoms with Gasteiger partial charge >= 0.3 is 0 Å². The number of nitrogens with zero attached hydrogens (tertiary/aromatic N) is 1. The number of phenols is 1. The van der Waals surface area contributed by atoms with Gasteiger partial charge in [0.1, 0.15) is 0 Å². The molecule has 0 amide bonds. The number of methoxy groups -OCH3 is 1. The zero-order valence-corrected chi connectivity index (χ0v) is 15.2. The Kier molecular flexibility index (Phi) is 6.03. The molecule has 25 heavy (non-hydrogen) atoms. The first-order chi connectivity index (χ1) is 11.8. The Bertz CT molecular complexity index is 844. The van der Waals surface area contributed by atoms with Gasteiger partial charge in [0.25, 0.3) is 10.0 Å². The van der Waals surface area contributed by atoms with Crippen LogP contribution >= 0.6 is 0 Å². The first kappa shape index (κ1) is 18.8. The first-order valence-corrected chi connectivity index (χ1v) is 9.31. The van der Waals surface area contributed by atoms with Crippen LogP contribution in [-0.4, -0.2) is 26.8 Å². The van der Waals surface area contributed by atoms with Crippen LogP contribution in [0.4, 0.5) is 0 Å². The highest BCUT2D eigenvalue weighted by Crippen LogP contribution is 2.27. The van der Waals surface area contributed by atoms with Crippen LogP contribution in [0.3, 0.4) is 0 Å². The number of hydrogen-bond donors (Lipinski definition) is 2. The maximum absolute atomic E-state index is 12.3. The van der Waals surface area contributed by atoms with Crippen LogP contribution in [0.2, 0.25) is 0 Å². The van der Waals surface area contributed by atoms with Crippen molar-refractivity contribution in [2.45, 2.75) is 25.2 Å². The molecular formula is C18H22N2O4S. The summed E-state index contributed by atoms with van der Waals surface area (Å²) in [6.45, 7) is 4.21. The average molecular weight is 362 g/mol.